The molecule has 1 aliphatic rings. The van der Waals surface area contributed by atoms with Crippen LogP contribution in [-0.2, 0) is 17.6 Å². The first-order chi connectivity index (χ1) is 14.2. The van der Waals surface area contributed by atoms with Gasteiger partial charge in [-0.2, -0.15) is 0 Å². The van der Waals surface area contributed by atoms with E-state index < -0.39 is 11.5 Å². The van der Waals surface area contributed by atoms with Crippen LogP contribution in [0.15, 0.2) is 42.5 Å². The smallest absolute Gasteiger partial charge is 0.175 e. The molecule has 0 aromatic heterocycles. The van der Waals surface area contributed by atoms with E-state index in [4.69, 9.17) is 16.3 Å². The number of aliphatic hydroxyl groups excluding tert-OH is 1. The molecule has 2 N–H and O–H groups in total. The normalized spacial score (nSPS) is 17.7. The van der Waals surface area contributed by atoms with Gasteiger partial charge >= 0.3 is 0 Å². The maximum atomic E-state index is 12.2. The van der Waals surface area contributed by atoms with Crippen LogP contribution in [0.4, 0.5) is 0 Å². The Morgan fingerprint density at radius 1 is 1.23 bits per heavy atom. The van der Waals surface area contributed by atoms with Gasteiger partial charge in [0.1, 0.15) is 12.4 Å². The Bertz CT molecular complexity index is 875. The maximum Gasteiger partial charge on any atom is 0.175 e. The van der Waals surface area contributed by atoms with Gasteiger partial charge in [0.05, 0.1) is 6.10 Å². The second kappa shape index (κ2) is 9.95. The average Bonchev–Trinajstić information content (AvgIpc) is 2.90. The van der Waals surface area contributed by atoms with E-state index in [1.807, 2.05) is 45.0 Å². The fraction of sp³-hybridized carbons (Fsp3) is 0.480. The van der Waals surface area contributed by atoms with Gasteiger partial charge in [-0.15, -0.1) is 0 Å². The summed E-state index contributed by atoms with van der Waals surface area (Å²) in [6, 6.07) is 13.8. The molecule has 1 aliphatic carbocycles. The van der Waals surface area contributed by atoms with Crippen molar-refractivity contribution in [3.8, 4) is 5.75 Å². The van der Waals surface area contributed by atoms with Crippen molar-refractivity contribution < 1.29 is 14.6 Å². The van der Waals surface area contributed by atoms with Gasteiger partial charge in [0.15, 0.2) is 5.78 Å². The lowest BCUT2D eigenvalue weighted by Gasteiger charge is -2.20. The summed E-state index contributed by atoms with van der Waals surface area (Å²) in [7, 11) is 0. The number of fused-ring (bicyclic) bond motifs is 1. The lowest BCUT2D eigenvalue weighted by atomic mass is 9.91. The number of ether oxygens (including phenoxy) is 1. The SMILES string of the molecule is CC(C)(C)C(=O)COc1ccc2c(c1)C[C@@H](NC[C@H](O)c1cccc(Cl)c1)CCC2. The standard InChI is InChI=1S/C25H32ClNO3/c1-25(2,3)24(29)16-30-22-11-10-17-6-5-9-21(13-19(17)14-22)27-15-23(28)18-7-4-8-20(26)12-18/h4,7-8,10-12,14,21,23,27-28H,5-6,9,13,15-16H2,1-3H3/t21-,23-/m0/s1. The van der Waals surface area contributed by atoms with Gasteiger partial charge in [0.25, 0.3) is 0 Å². The number of ketones is 1. The Morgan fingerprint density at radius 2 is 2.03 bits per heavy atom. The topological polar surface area (TPSA) is 58.6 Å². The molecule has 0 amide bonds. The molecule has 4 nitrogen and oxygen atoms in total. The van der Waals surface area contributed by atoms with Crippen LogP contribution in [0, 0.1) is 5.41 Å². The van der Waals surface area contributed by atoms with E-state index in [-0.39, 0.29) is 18.4 Å². The van der Waals surface area contributed by atoms with Crippen molar-refractivity contribution in [2.45, 2.75) is 58.6 Å². The van der Waals surface area contributed by atoms with Crippen LogP contribution in [0.1, 0.15) is 56.4 Å². The number of aliphatic hydroxyl groups is 1. The van der Waals surface area contributed by atoms with Crippen LogP contribution >= 0.6 is 11.6 Å². The van der Waals surface area contributed by atoms with Crippen molar-refractivity contribution in [3.63, 3.8) is 0 Å². The van der Waals surface area contributed by atoms with Crippen molar-refractivity contribution in [2.75, 3.05) is 13.2 Å². The third kappa shape index (κ3) is 6.31. The van der Waals surface area contributed by atoms with Gasteiger partial charge in [-0.1, -0.05) is 50.6 Å². The summed E-state index contributed by atoms with van der Waals surface area (Å²) in [6.45, 7) is 6.30. The summed E-state index contributed by atoms with van der Waals surface area (Å²) in [5.41, 5.74) is 3.01. The molecular formula is C25H32ClNO3. The van der Waals surface area contributed by atoms with E-state index in [2.05, 4.69) is 17.4 Å². The predicted molar refractivity (Wildman–Crippen MR) is 121 cm³/mol. The summed E-state index contributed by atoms with van der Waals surface area (Å²) in [5, 5.41) is 14.7. The van der Waals surface area contributed by atoms with Crippen LogP contribution in [0.3, 0.4) is 0 Å². The summed E-state index contributed by atoms with van der Waals surface area (Å²) in [4.78, 5) is 12.2. The Kier molecular flexibility index (Phi) is 7.56. The molecule has 0 fully saturated rings. The number of hydrogen-bond acceptors (Lipinski definition) is 4. The molecule has 0 saturated carbocycles. The van der Waals surface area contributed by atoms with Gasteiger partial charge in [-0.3, -0.25) is 4.79 Å². The van der Waals surface area contributed by atoms with Gasteiger partial charge in [-0.05, 0) is 66.6 Å². The van der Waals surface area contributed by atoms with Crippen LogP contribution in [0.2, 0.25) is 5.02 Å². The first-order valence-electron chi connectivity index (χ1n) is 10.7. The number of halogens is 1. The third-order valence-electron chi connectivity index (χ3n) is 5.68. The van der Waals surface area contributed by atoms with Gasteiger partial charge in [0.2, 0.25) is 0 Å². The molecule has 0 heterocycles. The van der Waals surface area contributed by atoms with Crippen molar-refractivity contribution in [1.82, 2.24) is 5.32 Å². The molecule has 0 aliphatic heterocycles. The lowest BCUT2D eigenvalue weighted by molar-refractivity contribution is -0.128. The molecule has 2 aromatic rings. The number of benzene rings is 2. The number of nitrogens with one attached hydrogen (secondary N) is 1. The monoisotopic (exact) mass is 429 g/mol. The third-order valence-corrected chi connectivity index (χ3v) is 5.92. The van der Waals surface area contributed by atoms with Crippen molar-refractivity contribution in [1.29, 1.82) is 0 Å². The van der Waals surface area contributed by atoms with Crippen LogP contribution in [-0.4, -0.2) is 30.1 Å². The van der Waals surface area contributed by atoms with E-state index in [1.54, 1.807) is 6.07 Å². The minimum atomic E-state index is -0.593. The molecule has 0 bridgehead atoms. The molecule has 0 spiro atoms. The molecule has 2 aromatic carbocycles. The zero-order chi connectivity index (χ0) is 21.7. The highest BCUT2D eigenvalue weighted by Crippen LogP contribution is 2.26. The van der Waals surface area contributed by atoms with Gasteiger partial charge in [-0.25, -0.2) is 0 Å². The molecule has 162 valence electrons. The fourth-order valence-electron chi connectivity index (χ4n) is 3.68. The minimum Gasteiger partial charge on any atom is -0.486 e. The number of hydrogen-bond donors (Lipinski definition) is 2. The largest absolute Gasteiger partial charge is 0.486 e. The maximum absolute atomic E-state index is 12.2. The van der Waals surface area contributed by atoms with E-state index in [0.717, 1.165) is 37.0 Å². The summed E-state index contributed by atoms with van der Waals surface area (Å²) < 4.78 is 5.78. The number of Topliss-reactive ketones (excluding diaryl/α,β-unsaturated/α-hetero) is 1. The molecular weight excluding hydrogens is 398 g/mol. The highest BCUT2D eigenvalue weighted by Gasteiger charge is 2.22. The second-order valence-electron chi connectivity index (χ2n) is 9.16. The quantitative estimate of drug-likeness (QED) is 0.614. The predicted octanol–water partition coefficient (Wildman–Crippen LogP) is 4.90. The highest BCUT2D eigenvalue weighted by atomic mass is 35.5. The molecule has 5 heteroatoms. The molecule has 3 rings (SSSR count). The molecule has 0 unspecified atom stereocenters. The number of carbonyl (C=O) groups excluding carboxylic acids is 1. The number of aryl methyl sites for hydroxylation is 1. The Morgan fingerprint density at radius 3 is 2.77 bits per heavy atom. The molecule has 0 radical (unpaired) electrons. The van der Waals surface area contributed by atoms with Crippen molar-refractivity contribution in [2.24, 2.45) is 5.41 Å². The Hall–Kier alpha value is -1.88. The van der Waals surface area contributed by atoms with Gasteiger partial charge < -0.3 is 15.2 Å². The number of rotatable bonds is 7. The first-order valence-corrected chi connectivity index (χ1v) is 11.0. The van der Waals surface area contributed by atoms with Crippen LogP contribution in [0.25, 0.3) is 0 Å². The fourth-order valence-corrected chi connectivity index (χ4v) is 3.88. The zero-order valence-electron chi connectivity index (χ0n) is 18.1. The molecule has 2 atom stereocenters. The van der Waals surface area contributed by atoms with E-state index >= 15 is 0 Å². The highest BCUT2D eigenvalue weighted by molar-refractivity contribution is 6.30. The van der Waals surface area contributed by atoms with Gasteiger partial charge in [0, 0.05) is 23.0 Å². The van der Waals surface area contributed by atoms with Crippen molar-refractivity contribution in [3.05, 3.63) is 64.2 Å². The lowest BCUT2D eigenvalue weighted by Crippen LogP contribution is -2.34. The first kappa shape index (κ1) is 22.8. The Labute approximate surface area is 184 Å². The van der Waals surface area contributed by atoms with Crippen LogP contribution in [0.5, 0.6) is 5.75 Å². The molecule has 30 heavy (non-hydrogen) atoms. The van der Waals surface area contributed by atoms with Crippen LogP contribution < -0.4 is 10.1 Å². The summed E-state index contributed by atoms with van der Waals surface area (Å²) in [6.07, 6.45) is 3.47. The van der Waals surface area contributed by atoms with E-state index in [0.29, 0.717) is 11.6 Å². The number of carbonyl (C=O) groups is 1. The zero-order valence-corrected chi connectivity index (χ0v) is 18.8. The summed E-state index contributed by atoms with van der Waals surface area (Å²) in [5.74, 6) is 0.831. The van der Waals surface area contributed by atoms with E-state index in [9.17, 15) is 9.90 Å². The second-order valence-corrected chi connectivity index (χ2v) is 9.60. The summed E-state index contributed by atoms with van der Waals surface area (Å²) >= 11 is 6.04. The van der Waals surface area contributed by atoms with Crippen molar-refractivity contribution >= 4 is 17.4 Å². The Balaban J connectivity index is 1.60. The molecule has 0 saturated heterocycles. The van der Waals surface area contributed by atoms with E-state index in [1.165, 1.54) is 11.1 Å². The minimum absolute atomic E-state index is 0.0898. The average molecular weight is 430 g/mol.